The number of benzene rings is 2. The lowest BCUT2D eigenvalue weighted by atomic mass is 10.0. The smallest absolute Gasteiger partial charge is 0.221 e. The number of aromatic nitrogens is 4. The normalized spacial score (nSPS) is 10.4. The van der Waals surface area contributed by atoms with E-state index in [0.29, 0.717) is 35.5 Å². The second-order valence-corrected chi connectivity index (χ2v) is 7.87. The molecule has 0 aliphatic heterocycles. The van der Waals surface area contributed by atoms with Crippen molar-refractivity contribution >= 4 is 45.5 Å². The lowest BCUT2D eigenvalue weighted by molar-refractivity contribution is -0.119. The molecule has 0 saturated heterocycles. The van der Waals surface area contributed by atoms with Gasteiger partial charge < -0.3 is 16.0 Å². The first-order valence-electron chi connectivity index (χ1n) is 11.0. The zero-order chi connectivity index (χ0) is 24.6. The van der Waals surface area contributed by atoms with Crippen LogP contribution in [0.25, 0.3) is 21.7 Å². The number of anilines is 2. The molecular weight excluding hydrogens is 442 g/mol. The van der Waals surface area contributed by atoms with Gasteiger partial charge in [-0.2, -0.15) is 5.10 Å². The standard InChI is InChI=1S/C18H16N2O.C8H9N5O/c21-14-20(13-17-9-3-4-11-19-17)12-16-8-5-7-15-6-1-2-10-18(15)16;1-4(14)12-6-3-10-8(9)5-2-11-13-7(5)6/h1-11,14H,12-13H2;2-3H,1H3,(H2,9,10)(H,11,13)(H,12,14). The van der Waals surface area contributed by atoms with Gasteiger partial charge in [-0.15, -0.1) is 0 Å². The van der Waals surface area contributed by atoms with Crippen LogP contribution in [0.3, 0.4) is 0 Å². The lowest BCUT2D eigenvalue weighted by Crippen LogP contribution is -2.21. The number of hydrogen-bond acceptors (Lipinski definition) is 6. The number of carbonyl (C=O) groups is 2. The molecule has 5 rings (SSSR count). The highest BCUT2D eigenvalue weighted by Crippen LogP contribution is 2.23. The van der Waals surface area contributed by atoms with E-state index in [-0.39, 0.29) is 5.91 Å². The molecule has 35 heavy (non-hydrogen) atoms. The van der Waals surface area contributed by atoms with Crippen molar-refractivity contribution in [3.63, 3.8) is 0 Å². The van der Waals surface area contributed by atoms with Gasteiger partial charge >= 0.3 is 0 Å². The largest absolute Gasteiger partial charge is 0.383 e. The second kappa shape index (κ2) is 10.9. The first-order valence-corrected chi connectivity index (χ1v) is 11.0. The molecule has 3 heterocycles. The Morgan fingerprint density at radius 2 is 1.80 bits per heavy atom. The fourth-order valence-electron chi connectivity index (χ4n) is 3.72. The van der Waals surface area contributed by atoms with E-state index in [4.69, 9.17) is 5.73 Å². The molecule has 2 amide bonds. The highest BCUT2D eigenvalue weighted by Gasteiger charge is 2.09. The van der Waals surface area contributed by atoms with Crippen LogP contribution in [0.15, 0.2) is 79.3 Å². The summed E-state index contributed by atoms with van der Waals surface area (Å²) < 4.78 is 0. The van der Waals surface area contributed by atoms with Gasteiger partial charge in [0.2, 0.25) is 12.3 Å². The quantitative estimate of drug-likeness (QED) is 0.325. The Morgan fingerprint density at radius 1 is 1.00 bits per heavy atom. The van der Waals surface area contributed by atoms with Crippen molar-refractivity contribution in [2.24, 2.45) is 0 Å². The summed E-state index contributed by atoms with van der Waals surface area (Å²) in [4.78, 5) is 32.2. The minimum Gasteiger partial charge on any atom is -0.383 e. The molecule has 0 saturated carbocycles. The SMILES string of the molecule is CC(=O)Nc1cnc(N)c2cn[nH]c12.O=CN(Cc1ccccn1)Cc1cccc2ccccc12. The van der Waals surface area contributed by atoms with E-state index < -0.39 is 0 Å². The van der Waals surface area contributed by atoms with Crippen LogP contribution in [0.1, 0.15) is 18.2 Å². The third kappa shape index (κ3) is 5.77. The Hall–Kier alpha value is -4.79. The number of H-pyrrole nitrogens is 1. The molecule has 3 aromatic heterocycles. The summed E-state index contributed by atoms with van der Waals surface area (Å²) in [5.41, 5.74) is 8.93. The minimum absolute atomic E-state index is 0.160. The van der Waals surface area contributed by atoms with Crippen molar-refractivity contribution < 1.29 is 9.59 Å². The van der Waals surface area contributed by atoms with Gasteiger partial charge in [0.15, 0.2) is 0 Å². The van der Waals surface area contributed by atoms with Crippen LogP contribution in [0.4, 0.5) is 11.5 Å². The number of hydrogen-bond donors (Lipinski definition) is 3. The van der Waals surface area contributed by atoms with Crippen molar-refractivity contribution in [2.75, 3.05) is 11.1 Å². The summed E-state index contributed by atoms with van der Waals surface area (Å²) in [7, 11) is 0. The molecule has 9 nitrogen and oxygen atoms in total. The van der Waals surface area contributed by atoms with E-state index >= 15 is 0 Å². The second-order valence-electron chi connectivity index (χ2n) is 7.87. The van der Waals surface area contributed by atoms with Crippen LogP contribution in [0.5, 0.6) is 0 Å². The Bertz CT molecular complexity index is 1450. The highest BCUT2D eigenvalue weighted by molar-refractivity contribution is 6.02. The number of fused-ring (bicyclic) bond motifs is 2. The van der Waals surface area contributed by atoms with E-state index in [1.807, 2.05) is 36.4 Å². The van der Waals surface area contributed by atoms with Crippen LogP contribution >= 0.6 is 0 Å². The van der Waals surface area contributed by atoms with Crippen LogP contribution in [-0.2, 0) is 22.7 Å². The van der Waals surface area contributed by atoms with Gasteiger partial charge in [0.05, 0.1) is 41.2 Å². The number of nitrogens with zero attached hydrogens (tertiary/aromatic N) is 4. The van der Waals surface area contributed by atoms with Crippen LogP contribution in [0.2, 0.25) is 0 Å². The summed E-state index contributed by atoms with van der Waals surface area (Å²) in [6, 6.07) is 20.1. The molecule has 0 unspecified atom stereocenters. The Labute approximate surface area is 202 Å². The Balaban J connectivity index is 0.000000179. The van der Waals surface area contributed by atoms with Crippen LogP contribution in [0, 0.1) is 0 Å². The molecule has 176 valence electrons. The average Bonchev–Trinajstić information content (AvgIpc) is 3.38. The van der Waals surface area contributed by atoms with Gasteiger partial charge in [0, 0.05) is 19.7 Å². The molecule has 0 bridgehead atoms. The summed E-state index contributed by atoms with van der Waals surface area (Å²) in [5, 5.41) is 12.3. The third-order valence-corrected chi connectivity index (χ3v) is 5.32. The molecule has 4 N–H and O–H groups in total. The van der Waals surface area contributed by atoms with Crippen molar-refractivity contribution in [3.05, 3.63) is 90.5 Å². The summed E-state index contributed by atoms with van der Waals surface area (Å²) in [6.45, 7) is 2.54. The summed E-state index contributed by atoms with van der Waals surface area (Å²) in [5.74, 6) is 0.232. The number of amides is 2. The number of aromatic amines is 1. The first-order chi connectivity index (χ1) is 17.0. The fourth-order valence-corrected chi connectivity index (χ4v) is 3.72. The molecule has 0 atom stereocenters. The maximum Gasteiger partial charge on any atom is 0.221 e. The number of carbonyl (C=O) groups excluding carboxylic acids is 2. The van der Waals surface area contributed by atoms with Crippen molar-refractivity contribution in [2.45, 2.75) is 20.0 Å². The summed E-state index contributed by atoms with van der Waals surface area (Å²) >= 11 is 0. The van der Waals surface area contributed by atoms with E-state index in [1.165, 1.54) is 23.9 Å². The van der Waals surface area contributed by atoms with E-state index in [9.17, 15) is 9.59 Å². The topological polar surface area (TPSA) is 130 Å². The number of rotatable bonds is 6. The number of nitrogen functional groups attached to an aromatic ring is 1. The molecule has 0 aliphatic rings. The van der Waals surface area contributed by atoms with Gasteiger partial charge in [0.1, 0.15) is 5.82 Å². The average molecular weight is 468 g/mol. The molecule has 0 spiro atoms. The molecule has 0 radical (unpaired) electrons. The number of nitrogens with two attached hydrogens (primary N) is 1. The predicted molar refractivity (Wildman–Crippen MR) is 136 cm³/mol. The van der Waals surface area contributed by atoms with E-state index in [1.54, 1.807) is 17.3 Å². The number of pyridine rings is 2. The Morgan fingerprint density at radius 3 is 2.57 bits per heavy atom. The molecule has 2 aromatic carbocycles. The van der Waals surface area contributed by atoms with E-state index in [0.717, 1.165) is 17.7 Å². The first kappa shape index (κ1) is 23.4. The Kier molecular flexibility index (Phi) is 7.27. The van der Waals surface area contributed by atoms with Gasteiger partial charge in [-0.25, -0.2) is 4.98 Å². The van der Waals surface area contributed by atoms with Crippen molar-refractivity contribution in [1.29, 1.82) is 0 Å². The maximum absolute atomic E-state index is 11.3. The molecular formula is C26H25N7O2. The van der Waals surface area contributed by atoms with Crippen LogP contribution < -0.4 is 11.1 Å². The van der Waals surface area contributed by atoms with Gasteiger partial charge in [-0.05, 0) is 28.5 Å². The molecule has 5 aromatic rings. The molecule has 0 fully saturated rings. The monoisotopic (exact) mass is 467 g/mol. The predicted octanol–water partition coefficient (Wildman–Crippen LogP) is 3.89. The van der Waals surface area contributed by atoms with Crippen LogP contribution in [-0.4, -0.2) is 37.4 Å². The van der Waals surface area contributed by atoms with Crippen molar-refractivity contribution in [1.82, 2.24) is 25.1 Å². The summed E-state index contributed by atoms with van der Waals surface area (Å²) in [6.07, 6.45) is 5.70. The fraction of sp³-hybridized carbons (Fsp3) is 0.115. The van der Waals surface area contributed by atoms with Gasteiger partial charge in [0.25, 0.3) is 0 Å². The van der Waals surface area contributed by atoms with Gasteiger partial charge in [-0.1, -0.05) is 48.5 Å². The highest BCUT2D eigenvalue weighted by atomic mass is 16.1. The third-order valence-electron chi connectivity index (χ3n) is 5.32. The lowest BCUT2D eigenvalue weighted by Gasteiger charge is -2.18. The van der Waals surface area contributed by atoms with E-state index in [2.05, 4.69) is 49.7 Å². The van der Waals surface area contributed by atoms with Gasteiger partial charge in [-0.3, -0.25) is 19.7 Å². The van der Waals surface area contributed by atoms with Crippen molar-refractivity contribution in [3.8, 4) is 0 Å². The molecule has 9 heteroatoms. The molecule has 0 aliphatic carbocycles. The zero-order valence-corrected chi connectivity index (χ0v) is 19.2. The maximum atomic E-state index is 11.3. The minimum atomic E-state index is -0.160. The zero-order valence-electron chi connectivity index (χ0n) is 19.2. The number of nitrogens with one attached hydrogen (secondary N) is 2.